The minimum Gasteiger partial charge on any atom is -0.326 e. The van der Waals surface area contributed by atoms with E-state index in [0.29, 0.717) is 6.04 Å². The van der Waals surface area contributed by atoms with Gasteiger partial charge in [0.2, 0.25) is 0 Å². The minimum absolute atomic E-state index is 0.210. The van der Waals surface area contributed by atoms with Crippen LogP contribution in [0, 0.1) is 0 Å². The van der Waals surface area contributed by atoms with Crippen LogP contribution >= 0.6 is 0 Å². The second kappa shape index (κ2) is 7.61. The Balaban J connectivity index is 2.16. The Bertz CT molecular complexity index is 344. The van der Waals surface area contributed by atoms with Gasteiger partial charge in [-0.2, -0.15) is 0 Å². The first-order chi connectivity index (χ1) is 9.33. The molecule has 2 atom stereocenters. The fourth-order valence-corrected chi connectivity index (χ4v) is 3.06. The van der Waals surface area contributed by atoms with Crippen LogP contribution < -0.4 is 5.73 Å². The standard InChI is InChI=1S/C16H27N3/c1-2-15(17)16(14-8-10-18-11-9-14)19-12-6-4-3-5-7-13-19/h8-11,15-16H,2-7,12-13,17H2,1H3. The largest absolute Gasteiger partial charge is 0.326 e. The molecule has 3 nitrogen and oxygen atoms in total. The SMILES string of the molecule is CCC(N)C(c1ccncc1)N1CCCCCCC1. The lowest BCUT2D eigenvalue weighted by Gasteiger charge is -2.36. The fourth-order valence-electron chi connectivity index (χ4n) is 3.06. The maximum Gasteiger partial charge on any atom is 0.0500 e. The molecule has 19 heavy (non-hydrogen) atoms. The molecule has 2 heterocycles. The molecule has 0 spiro atoms. The smallest absolute Gasteiger partial charge is 0.0500 e. The van der Waals surface area contributed by atoms with Crippen LogP contribution in [0.1, 0.15) is 57.1 Å². The highest BCUT2D eigenvalue weighted by atomic mass is 15.2. The predicted octanol–water partition coefficient (Wildman–Crippen LogP) is 3.13. The molecular weight excluding hydrogens is 234 g/mol. The molecule has 1 aromatic heterocycles. The second-order valence-corrected chi connectivity index (χ2v) is 5.60. The Kier molecular flexibility index (Phi) is 5.80. The van der Waals surface area contributed by atoms with Gasteiger partial charge in [0.25, 0.3) is 0 Å². The van der Waals surface area contributed by atoms with Crippen LogP contribution in [0.5, 0.6) is 0 Å². The lowest BCUT2D eigenvalue weighted by atomic mass is 9.95. The van der Waals surface area contributed by atoms with Crippen molar-refractivity contribution in [3.63, 3.8) is 0 Å². The maximum atomic E-state index is 6.41. The average Bonchev–Trinajstić information content (AvgIpc) is 2.42. The highest BCUT2D eigenvalue weighted by Gasteiger charge is 2.25. The predicted molar refractivity (Wildman–Crippen MR) is 79.9 cm³/mol. The van der Waals surface area contributed by atoms with E-state index in [9.17, 15) is 0 Å². The van der Waals surface area contributed by atoms with Gasteiger partial charge in [0, 0.05) is 24.5 Å². The topological polar surface area (TPSA) is 42.1 Å². The molecule has 3 heteroatoms. The molecular formula is C16H27N3. The van der Waals surface area contributed by atoms with Gasteiger partial charge in [-0.15, -0.1) is 0 Å². The zero-order chi connectivity index (χ0) is 13.5. The van der Waals surface area contributed by atoms with Crippen molar-refractivity contribution in [1.82, 2.24) is 9.88 Å². The summed E-state index contributed by atoms with van der Waals surface area (Å²) in [6.07, 6.45) is 11.5. The van der Waals surface area contributed by atoms with E-state index >= 15 is 0 Å². The zero-order valence-corrected chi connectivity index (χ0v) is 12.1. The molecule has 2 unspecified atom stereocenters. The van der Waals surface area contributed by atoms with E-state index in [1.807, 2.05) is 12.4 Å². The Morgan fingerprint density at radius 1 is 1.11 bits per heavy atom. The highest BCUT2D eigenvalue weighted by molar-refractivity contribution is 5.17. The molecule has 0 aromatic carbocycles. The number of nitrogens with two attached hydrogens (primary N) is 1. The molecule has 1 aliphatic rings. The van der Waals surface area contributed by atoms with Crippen LogP contribution in [0.3, 0.4) is 0 Å². The monoisotopic (exact) mass is 261 g/mol. The molecule has 0 aliphatic carbocycles. The van der Waals surface area contributed by atoms with Crippen LogP contribution in [0.2, 0.25) is 0 Å². The summed E-state index contributed by atoms with van der Waals surface area (Å²) in [5.41, 5.74) is 7.73. The molecule has 1 aromatic rings. The van der Waals surface area contributed by atoms with Gasteiger partial charge < -0.3 is 5.73 Å². The molecule has 1 fully saturated rings. The van der Waals surface area contributed by atoms with Gasteiger partial charge in [0.15, 0.2) is 0 Å². The first-order valence-corrected chi connectivity index (χ1v) is 7.72. The van der Waals surface area contributed by atoms with Gasteiger partial charge in [0.05, 0.1) is 0 Å². The van der Waals surface area contributed by atoms with E-state index in [0.717, 1.165) is 6.42 Å². The van der Waals surface area contributed by atoms with Crippen LogP contribution in [0.4, 0.5) is 0 Å². The number of hydrogen-bond donors (Lipinski definition) is 1. The minimum atomic E-state index is 0.210. The Labute approximate surface area is 117 Å². The molecule has 0 amide bonds. The van der Waals surface area contributed by atoms with Crippen molar-refractivity contribution in [2.24, 2.45) is 5.73 Å². The number of hydrogen-bond acceptors (Lipinski definition) is 3. The van der Waals surface area contributed by atoms with E-state index in [1.165, 1.54) is 50.8 Å². The summed E-state index contributed by atoms with van der Waals surface area (Å²) in [6.45, 7) is 4.55. The molecule has 0 radical (unpaired) electrons. The van der Waals surface area contributed by atoms with E-state index in [-0.39, 0.29) is 6.04 Å². The quantitative estimate of drug-likeness (QED) is 0.905. The van der Waals surface area contributed by atoms with Crippen LogP contribution in [0.15, 0.2) is 24.5 Å². The lowest BCUT2D eigenvalue weighted by Crippen LogP contribution is -2.42. The van der Waals surface area contributed by atoms with Crippen LogP contribution in [-0.4, -0.2) is 29.0 Å². The third-order valence-electron chi connectivity index (χ3n) is 4.21. The fraction of sp³-hybridized carbons (Fsp3) is 0.688. The van der Waals surface area contributed by atoms with E-state index in [4.69, 9.17) is 5.73 Å². The number of rotatable bonds is 4. The van der Waals surface area contributed by atoms with Crippen LogP contribution in [-0.2, 0) is 0 Å². The van der Waals surface area contributed by atoms with E-state index in [1.54, 1.807) is 0 Å². The van der Waals surface area contributed by atoms with E-state index < -0.39 is 0 Å². The molecule has 0 saturated carbocycles. The Hall–Kier alpha value is -0.930. The second-order valence-electron chi connectivity index (χ2n) is 5.60. The molecule has 1 saturated heterocycles. The van der Waals surface area contributed by atoms with Gasteiger partial charge in [-0.3, -0.25) is 9.88 Å². The van der Waals surface area contributed by atoms with E-state index in [2.05, 4.69) is 28.9 Å². The highest BCUT2D eigenvalue weighted by Crippen LogP contribution is 2.27. The van der Waals surface area contributed by atoms with Gasteiger partial charge in [-0.05, 0) is 50.0 Å². The zero-order valence-electron chi connectivity index (χ0n) is 12.1. The normalized spacial score (nSPS) is 21.4. The van der Waals surface area contributed by atoms with Crippen LogP contribution in [0.25, 0.3) is 0 Å². The summed E-state index contributed by atoms with van der Waals surface area (Å²) >= 11 is 0. The molecule has 0 bridgehead atoms. The summed E-state index contributed by atoms with van der Waals surface area (Å²) in [7, 11) is 0. The molecule has 2 rings (SSSR count). The van der Waals surface area contributed by atoms with Gasteiger partial charge in [-0.1, -0.05) is 26.2 Å². The lowest BCUT2D eigenvalue weighted by molar-refractivity contribution is 0.154. The first kappa shape index (κ1) is 14.5. The van der Waals surface area contributed by atoms with Gasteiger partial charge in [0.1, 0.15) is 0 Å². The third kappa shape index (κ3) is 4.02. The third-order valence-corrected chi connectivity index (χ3v) is 4.21. The van der Waals surface area contributed by atoms with Crippen molar-refractivity contribution >= 4 is 0 Å². The molecule has 106 valence electrons. The summed E-state index contributed by atoms with van der Waals surface area (Å²) in [5.74, 6) is 0. The van der Waals surface area contributed by atoms with Crippen molar-refractivity contribution in [3.8, 4) is 0 Å². The maximum absolute atomic E-state index is 6.41. The molecule has 1 aliphatic heterocycles. The molecule has 2 N–H and O–H groups in total. The van der Waals surface area contributed by atoms with Crippen molar-refractivity contribution < 1.29 is 0 Å². The summed E-state index contributed by atoms with van der Waals surface area (Å²) in [4.78, 5) is 6.73. The average molecular weight is 261 g/mol. The first-order valence-electron chi connectivity index (χ1n) is 7.72. The Morgan fingerprint density at radius 3 is 2.26 bits per heavy atom. The Morgan fingerprint density at radius 2 is 1.68 bits per heavy atom. The van der Waals surface area contributed by atoms with Gasteiger partial charge >= 0.3 is 0 Å². The summed E-state index contributed by atoms with van der Waals surface area (Å²) < 4.78 is 0. The number of aromatic nitrogens is 1. The van der Waals surface area contributed by atoms with Gasteiger partial charge in [-0.25, -0.2) is 0 Å². The van der Waals surface area contributed by atoms with Crippen molar-refractivity contribution in [1.29, 1.82) is 0 Å². The van der Waals surface area contributed by atoms with Crippen molar-refractivity contribution in [3.05, 3.63) is 30.1 Å². The summed E-state index contributed by atoms with van der Waals surface area (Å²) in [5, 5.41) is 0. The van der Waals surface area contributed by atoms with Crippen molar-refractivity contribution in [2.45, 2.75) is 57.5 Å². The van der Waals surface area contributed by atoms with Crippen molar-refractivity contribution in [2.75, 3.05) is 13.1 Å². The number of nitrogens with zero attached hydrogens (tertiary/aromatic N) is 2. The summed E-state index contributed by atoms with van der Waals surface area (Å²) in [6, 6.07) is 4.81. The number of pyridine rings is 1. The number of likely N-dealkylation sites (tertiary alicyclic amines) is 1.